The lowest BCUT2D eigenvalue weighted by Crippen LogP contribution is -2.10. The molecule has 3 aromatic rings. The molecule has 3 aromatic heterocycles. The average molecular weight is 272 g/mol. The molecule has 19 heavy (non-hydrogen) atoms. The van der Waals surface area contributed by atoms with Crippen LogP contribution in [0.5, 0.6) is 0 Å². The van der Waals surface area contributed by atoms with Gasteiger partial charge in [-0.25, -0.2) is 19.6 Å². The first kappa shape index (κ1) is 11.8. The number of pyridine rings is 1. The molecule has 0 amide bonds. The van der Waals surface area contributed by atoms with E-state index in [2.05, 4.69) is 32.3 Å². The Morgan fingerprint density at radius 3 is 3.05 bits per heavy atom. The largest absolute Gasteiger partial charge is 0.374 e. The Labute approximate surface area is 114 Å². The van der Waals surface area contributed by atoms with Crippen molar-refractivity contribution in [2.45, 2.75) is 13.0 Å². The zero-order valence-electron chi connectivity index (χ0n) is 10.3. The Kier molecular flexibility index (Phi) is 3.20. The van der Waals surface area contributed by atoms with Gasteiger partial charge in [0.25, 0.3) is 0 Å². The minimum absolute atomic E-state index is 0.109. The molecule has 0 aliphatic rings. The summed E-state index contributed by atoms with van der Waals surface area (Å²) in [6.45, 7) is 2.06. The first-order valence-electron chi connectivity index (χ1n) is 5.79. The number of hydrogen-bond donors (Lipinski definition) is 1. The van der Waals surface area contributed by atoms with Gasteiger partial charge in [0.2, 0.25) is 0 Å². The fourth-order valence-electron chi connectivity index (χ4n) is 1.75. The number of rotatable bonds is 4. The Morgan fingerprint density at radius 1 is 1.37 bits per heavy atom. The van der Waals surface area contributed by atoms with Gasteiger partial charge in [-0.15, -0.1) is 11.3 Å². The van der Waals surface area contributed by atoms with Gasteiger partial charge < -0.3 is 5.32 Å². The van der Waals surface area contributed by atoms with Crippen LogP contribution in [0.1, 0.15) is 18.7 Å². The first-order valence-corrected chi connectivity index (χ1v) is 6.73. The summed E-state index contributed by atoms with van der Waals surface area (Å²) in [5, 5.41) is 9.53. The molecule has 1 unspecified atom stereocenters. The third-order valence-corrected chi connectivity index (χ3v) is 3.29. The molecule has 3 heterocycles. The molecule has 0 spiro atoms. The maximum atomic E-state index is 4.34. The van der Waals surface area contributed by atoms with Gasteiger partial charge in [0.05, 0.1) is 22.9 Å². The van der Waals surface area contributed by atoms with E-state index in [-0.39, 0.29) is 6.04 Å². The lowest BCUT2D eigenvalue weighted by molar-refractivity contribution is 0.817. The second kappa shape index (κ2) is 5.15. The van der Waals surface area contributed by atoms with E-state index in [1.807, 2.05) is 23.0 Å². The molecule has 1 atom stereocenters. The standard InChI is InChI=1S/C12H12N6S/c1-9(11-5-19-8-15-11)17-10-3-2-4-14-12(10)18-7-13-6-16-18/h2-9,17H,1H3. The highest BCUT2D eigenvalue weighted by molar-refractivity contribution is 7.07. The van der Waals surface area contributed by atoms with Crippen molar-refractivity contribution in [2.24, 2.45) is 0 Å². The van der Waals surface area contributed by atoms with Gasteiger partial charge in [-0.2, -0.15) is 5.10 Å². The third kappa shape index (κ3) is 2.45. The fourth-order valence-corrected chi connectivity index (χ4v) is 2.40. The van der Waals surface area contributed by atoms with Gasteiger partial charge in [-0.3, -0.25) is 0 Å². The van der Waals surface area contributed by atoms with Crippen molar-refractivity contribution in [1.29, 1.82) is 0 Å². The molecule has 96 valence electrons. The number of thiazole rings is 1. The van der Waals surface area contributed by atoms with Gasteiger partial charge in [-0.1, -0.05) is 0 Å². The van der Waals surface area contributed by atoms with Crippen LogP contribution >= 0.6 is 11.3 Å². The van der Waals surface area contributed by atoms with E-state index in [1.54, 1.807) is 28.5 Å². The summed E-state index contributed by atoms with van der Waals surface area (Å²) >= 11 is 1.59. The van der Waals surface area contributed by atoms with Gasteiger partial charge in [0.15, 0.2) is 5.82 Å². The summed E-state index contributed by atoms with van der Waals surface area (Å²) in [7, 11) is 0. The molecular weight excluding hydrogens is 260 g/mol. The van der Waals surface area contributed by atoms with E-state index in [0.29, 0.717) is 0 Å². The van der Waals surface area contributed by atoms with Crippen LogP contribution in [0.15, 0.2) is 41.9 Å². The van der Waals surface area contributed by atoms with Crippen LogP contribution in [0, 0.1) is 0 Å². The van der Waals surface area contributed by atoms with E-state index in [0.717, 1.165) is 17.2 Å². The van der Waals surface area contributed by atoms with Crippen molar-refractivity contribution >= 4 is 17.0 Å². The van der Waals surface area contributed by atoms with E-state index in [9.17, 15) is 0 Å². The second-order valence-electron chi connectivity index (χ2n) is 3.99. The van der Waals surface area contributed by atoms with Crippen LogP contribution in [0.3, 0.4) is 0 Å². The number of aromatic nitrogens is 5. The van der Waals surface area contributed by atoms with Crippen molar-refractivity contribution in [3.63, 3.8) is 0 Å². The molecule has 7 heteroatoms. The van der Waals surface area contributed by atoms with Crippen LogP contribution in [0.4, 0.5) is 5.69 Å². The molecule has 0 aromatic carbocycles. The summed E-state index contributed by atoms with van der Waals surface area (Å²) in [5.74, 6) is 0.724. The molecule has 0 radical (unpaired) electrons. The molecule has 0 saturated heterocycles. The minimum atomic E-state index is 0.109. The highest BCUT2D eigenvalue weighted by Gasteiger charge is 2.11. The van der Waals surface area contributed by atoms with E-state index >= 15 is 0 Å². The van der Waals surface area contributed by atoms with Crippen molar-refractivity contribution < 1.29 is 0 Å². The van der Waals surface area contributed by atoms with Gasteiger partial charge in [-0.05, 0) is 19.1 Å². The summed E-state index contributed by atoms with van der Waals surface area (Å²) < 4.78 is 1.64. The molecule has 0 aliphatic heterocycles. The average Bonchev–Trinajstić information content (AvgIpc) is 3.13. The van der Waals surface area contributed by atoms with Gasteiger partial charge in [0.1, 0.15) is 12.7 Å². The Hall–Kier alpha value is -2.28. The Balaban J connectivity index is 1.89. The SMILES string of the molecule is CC(Nc1cccnc1-n1cncn1)c1cscn1. The van der Waals surface area contributed by atoms with E-state index in [1.165, 1.54) is 6.33 Å². The fraction of sp³-hybridized carbons (Fsp3) is 0.167. The van der Waals surface area contributed by atoms with Crippen molar-refractivity contribution in [3.05, 3.63) is 47.6 Å². The lowest BCUT2D eigenvalue weighted by atomic mass is 10.2. The Bertz CT molecular complexity index is 634. The minimum Gasteiger partial charge on any atom is -0.374 e. The molecule has 0 bridgehead atoms. The molecule has 0 fully saturated rings. The van der Waals surface area contributed by atoms with Crippen molar-refractivity contribution in [1.82, 2.24) is 24.7 Å². The highest BCUT2D eigenvalue weighted by Crippen LogP contribution is 2.22. The maximum Gasteiger partial charge on any atom is 0.178 e. The number of nitrogens with one attached hydrogen (secondary N) is 1. The van der Waals surface area contributed by atoms with Gasteiger partial charge >= 0.3 is 0 Å². The monoisotopic (exact) mass is 272 g/mol. The highest BCUT2D eigenvalue weighted by atomic mass is 32.1. The van der Waals surface area contributed by atoms with Crippen LogP contribution in [0.2, 0.25) is 0 Å². The smallest absolute Gasteiger partial charge is 0.178 e. The first-order chi connectivity index (χ1) is 9.34. The molecule has 0 saturated carbocycles. The molecule has 3 rings (SSSR count). The normalized spacial score (nSPS) is 12.3. The van der Waals surface area contributed by atoms with Crippen molar-refractivity contribution in [3.8, 4) is 5.82 Å². The number of anilines is 1. The molecule has 0 aliphatic carbocycles. The van der Waals surface area contributed by atoms with E-state index < -0.39 is 0 Å². The van der Waals surface area contributed by atoms with Crippen LogP contribution in [0.25, 0.3) is 5.82 Å². The maximum absolute atomic E-state index is 4.34. The molecule has 6 nitrogen and oxygen atoms in total. The van der Waals surface area contributed by atoms with Crippen molar-refractivity contribution in [2.75, 3.05) is 5.32 Å². The zero-order valence-corrected chi connectivity index (χ0v) is 11.1. The predicted molar refractivity (Wildman–Crippen MR) is 73.3 cm³/mol. The molecular formula is C12H12N6S. The number of hydrogen-bond acceptors (Lipinski definition) is 6. The summed E-state index contributed by atoms with van der Waals surface area (Å²) in [6, 6.07) is 3.96. The lowest BCUT2D eigenvalue weighted by Gasteiger charge is -2.15. The van der Waals surface area contributed by atoms with Gasteiger partial charge in [0, 0.05) is 11.6 Å². The third-order valence-electron chi connectivity index (χ3n) is 2.69. The number of nitrogens with zero attached hydrogens (tertiary/aromatic N) is 5. The molecule has 1 N–H and O–H groups in total. The van der Waals surface area contributed by atoms with Crippen LogP contribution < -0.4 is 5.32 Å². The second-order valence-corrected chi connectivity index (χ2v) is 4.71. The van der Waals surface area contributed by atoms with Crippen LogP contribution in [-0.4, -0.2) is 24.7 Å². The van der Waals surface area contributed by atoms with Crippen LogP contribution in [-0.2, 0) is 0 Å². The topological polar surface area (TPSA) is 68.5 Å². The predicted octanol–water partition coefficient (Wildman–Crippen LogP) is 2.29. The summed E-state index contributed by atoms with van der Waals surface area (Å²) in [4.78, 5) is 12.6. The zero-order chi connectivity index (χ0) is 13.1. The summed E-state index contributed by atoms with van der Waals surface area (Å²) in [5.41, 5.74) is 3.74. The summed E-state index contributed by atoms with van der Waals surface area (Å²) in [6.07, 6.45) is 4.85. The van der Waals surface area contributed by atoms with E-state index in [4.69, 9.17) is 0 Å². The Morgan fingerprint density at radius 2 is 2.32 bits per heavy atom. The quantitative estimate of drug-likeness (QED) is 0.789.